The van der Waals surface area contributed by atoms with Gasteiger partial charge in [0.05, 0.1) is 12.3 Å². The van der Waals surface area contributed by atoms with E-state index in [-0.39, 0.29) is 24.0 Å². The molecular formula is C19H26N4O3. The number of benzene rings is 1. The van der Waals surface area contributed by atoms with E-state index in [1.165, 1.54) is 11.3 Å². The molecule has 1 saturated heterocycles. The van der Waals surface area contributed by atoms with Crippen LogP contribution in [0.3, 0.4) is 0 Å². The summed E-state index contributed by atoms with van der Waals surface area (Å²) >= 11 is 0. The lowest BCUT2D eigenvalue weighted by Gasteiger charge is -2.39. The Morgan fingerprint density at radius 1 is 1.19 bits per heavy atom. The molecule has 2 N–H and O–H groups in total. The fraction of sp³-hybridized carbons (Fsp3) is 0.474. The molecule has 3 rings (SSSR count). The number of imidazole rings is 1. The minimum absolute atomic E-state index is 0.0765. The monoisotopic (exact) mass is 358 g/mol. The maximum Gasteiger partial charge on any atom is 0.356 e. The Kier molecular flexibility index (Phi) is 5.46. The van der Waals surface area contributed by atoms with Crippen molar-refractivity contribution in [3.8, 4) is 0 Å². The number of esters is 1. The summed E-state index contributed by atoms with van der Waals surface area (Å²) in [5, 5.41) is 0. The number of nitrogens with zero attached hydrogens (tertiary/aromatic N) is 2. The maximum absolute atomic E-state index is 12.1. The molecule has 1 atom stereocenters. The molecule has 7 nitrogen and oxygen atoms in total. The molecule has 0 saturated carbocycles. The Morgan fingerprint density at radius 2 is 1.88 bits per heavy atom. The van der Waals surface area contributed by atoms with Crippen LogP contribution in [0.5, 0.6) is 0 Å². The van der Waals surface area contributed by atoms with Gasteiger partial charge in [-0.2, -0.15) is 0 Å². The first-order chi connectivity index (χ1) is 12.5. The summed E-state index contributed by atoms with van der Waals surface area (Å²) in [6.07, 6.45) is 0. The van der Waals surface area contributed by atoms with E-state index < -0.39 is 5.97 Å². The quantitative estimate of drug-likeness (QED) is 0.800. The fourth-order valence-corrected chi connectivity index (χ4v) is 3.53. The third-order valence-electron chi connectivity index (χ3n) is 4.97. The predicted molar refractivity (Wildman–Crippen MR) is 101 cm³/mol. The van der Waals surface area contributed by atoms with Gasteiger partial charge in [-0.15, -0.1) is 0 Å². The highest BCUT2D eigenvalue weighted by Gasteiger charge is 2.28. The molecule has 0 radical (unpaired) electrons. The van der Waals surface area contributed by atoms with E-state index in [9.17, 15) is 9.59 Å². The topological polar surface area (TPSA) is 81.4 Å². The lowest BCUT2D eigenvalue weighted by Crippen LogP contribution is -2.47. The molecule has 0 spiro atoms. The van der Waals surface area contributed by atoms with Crippen LogP contribution in [-0.2, 0) is 4.74 Å². The number of hydrogen-bond donors (Lipinski definition) is 2. The molecule has 1 aliphatic rings. The number of ether oxygens (including phenoxy) is 1. The van der Waals surface area contributed by atoms with Crippen LogP contribution in [0.15, 0.2) is 29.1 Å². The number of piperazine rings is 1. The van der Waals surface area contributed by atoms with Gasteiger partial charge >= 0.3 is 11.7 Å². The van der Waals surface area contributed by atoms with Gasteiger partial charge < -0.3 is 14.6 Å². The second-order valence-corrected chi connectivity index (χ2v) is 6.57. The number of anilines is 1. The number of nitrogens with one attached hydrogen (secondary N) is 2. The van der Waals surface area contributed by atoms with Gasteiger partial charge in [-0.05, 0) is 32.4 Å². The summed E-state index contributed by atoms with van der Waals surface area (Å²) in [5.74, 6) is -0.494. The Hall–Kier alpha value is -2.54. The average molecular weight is 358 g/mol. The van der Waals surface area contributed by atoms with E-state index in [4.69, 9.17) is 4.74 Å². The molecule has 1 unspecified atom stereocenters. The van der Waals surface area contributed by atoms with Crippen LogP contribution in [0.4, 0.5) is 5.69 Å². The molecule has 1 aliphatic heterocycles. The Bertz CT molecular complexity index is 818. The zero-order valence-electron chi connectivity index (χ0n) is 15.5. The molecule has 26 heavy (non-hydrogen) atoms. The number of hydrogen-bond acceptors (Lipinski definition) is 5. The first-order valence-corrected chi connectivity index (χ1v) is 9.05. The van der Waals surface area contributed by atoms with Crippen LogP contribution in [0.1, 0.15) is 41.6 Å². The SMILES string of the molecule is CCOC(=O)c1[nH]c(=O)[nH]c1C(C)N1CCN(c2ccccc2C)CC1. The third kappa shape index (κ3) is 3.67. The predicted octanol–water partition coefficient (Wildman–Crippen LogP) is 2.07. The van der Waals surface area contributed by atoms with Gasteiger partial charge in [0.15, 0.2) is 0 Å². The van der Waals surface area contributed by atoms with Crippen molar-refractivity contribution in [2.24, 2.45) is 0 Å². The van der Waals surface area contributed by atoms with Crippen molar-refractivity contribution < 1.29 is 9.53 Å². The number of H-pyrrole nitrogens is 2. The second-order valence-electron chi connectivity index (χ2n) is 6.57. The number of aromatic amines is 2. The van der Waals surface area contributed by atoms with Gasteiger partial charge in [0.1, 0.15) is 5.69 Å². The average Bonchev–Trinajstić information content (AvgIpc) is 3.04. The molecule has 0 amide bonds. The lowest BCUT2D eigenvalue weighted by atomic mass is 10.1. The third-order valence-corrected chi connectivity index (χ3v) is 4.97. The normalized spacial score (nSPS) is 16.5. The first kappa shape index (κ1) is 18.3. The number of para-hydroxylation sites is 1. The van der Waals surface area contributed by atoms with Crippen molar-refractivity contribution in [3.63, 3.8) is 0 Å². The van der Waals surface area contributed by atoms with E-state index in [0.29, 0.717) is 5.69 Å². The van der Waals surface area contributed by atoms with Crippen LogP contribution in [-0.4, -0.2) is 53.6 Å². The zero-order chi connectivity index (χ0) is 18.7. The van der Waals surface area contributed by atoms with Crippen molar-refractivity contribution in [1.82, 2.24) is 14.9 Å². The molecule has 0 aliphatic carbocycles. The van der Waals surface area contributed by atoms with Gasteiger partial charge in [0.2, 0.25) is 0 Å². The summed E-state index contributed by atoms with van der Waals surface area (Å²) in [5.41, 5.74) is 2.98. The Balaban J connectivity index is 1.71. The fourth-order valence-electron chi connectivity index (χ4n) is 3.53. The minimum Gasteiger partial charge on any atom is -0.461 e. The Labute approximate surface area is 153 Å². The van der Waals surface area contributed by atoms with Gasteiger partial charge in [0, 0.05) is 37.9 Å². The van der Waals surface area contributed by atoms with Crippen molar-refractivity contribution >= 4 is 11.7 Å². The molecule has 1 aromatic carbocycles. The zero-order valence-corrected chi connectivity index (χ0v) is 15.5. The van der Waals surface area contributed by atoms with Crippen LogP contribution in [0.25, 0.3) is 0 Å². The van der Waals surface area contributed by atoms with Crippen LogP contribution in [0.2, 0.25) is 0 Å². The van der Waals surface area contributed by atoms with E-state index in [0.717, 1.165) is 26.2 Å². The van der Waals surface area contributed by atoms with Crippen LogP contribution >= 0.6 is 0 Å². The lowest BCUT2D eigenvalue weighted by molar-refractivity contribution is 0.0515. The highest BCUT2D eigenvalue weighted by atomic mass is 16.5. The minimum atomic E-state index is -0.494. The van der Waals surface area contributed by atoms with Gasteiger partial charge in [0.25, 0.3) is 0 Å². The summed E-state index contributed by atoms with van der Waals surface area (Å²) in [4.78, 5) is 33.8. The highest BCUT2D eigenvalue weighted by molar-refractivity contribution is 5.88. The molecule has 2 aromatic rings. The summed E-state index contributed by atoms with van der Waals surface area (Å²) < 4.78 is 5.05. The van der Waals surface area contributed by atoms with Crippen molar-refractivity contribution in [1.29, 1.82) is 0 Å². The van der Waals surface area contributed by atoms with E-state index >= 15 is 0 Å². The number of rotatable bonds is 5. The van der Waals surface area contributed by atoms with Crippen molar-refractivity contribution in [2.45, 2.75) is 26.8 Å². The molecular weight excluding hydrogens is 332 g/mol. The van der Waals surface area contributed by atoms with E-state index in [2.05, 4.69) is 51.0 Å². The Morgan fingerprint density at radius 3 is 2.54 bits per heavy atom. The second kappa shape index (κ2) is 7.78. The van der Waals surface area contributed by atoms with Crippen LogP contribution in [0, 0.1) is 6.92 Å². The largest absolute Gasteiger partial charge is 0.461 e. The van der Waals surface area contributed by atoms with Gasteiger partial charge in [-0.1, -0.05) is 18.2 Å². The summed E-state index contributed by atoms with van der Waals surface area (Å²) in [7, 11) is 0. The number of aryl methyl sites for hydroxylation is 1. The molecule has 2 heterocycles. The standard InChI is InChI=1S/C19H26N4O3/c1-4-26-18(24)17-16(20-19(25)21-17)14(3)22-9-11-23(12-10-22)15-8-6-5-7-13(15)2/h5-8,14H,4,9-12H2,1-3H3,(H2,20,21,25). The van der Waals surface area contributed by atoms with Crippen LogP contribution < -0.4 is 10.6 Å². The summed E-state index contributed by atoms with van der Waals surface area (Å²) in [6, 6.07) is 8.31. The highest BCUT2D eigenvalue weighted by Crippen LogP contribution is 2.25. The van der Waals surface area contributed by atoms with Crippen molar-refractivity contribution in [2.75, 3.05) is 37.7 Å². The number of aromatic nitrogens is 2. The first-order valence-electron chi connectivity index (χ1n) is 9.05. The smallest absolute Gasteiger partial charge is 0.356 e. The molecule has 7 heteroatoms. The molecule has 1 aromatic heterocycles. The molecule has 0 bridgehead atoms. The van der Waals surface area contributed by atoms with Gasteiger partial charge in [-0.3, -0.25) is 9.88 Å². The number of carbonyl (C=O) groups is 1. The molecule has 1 fully saturated rings. The van der Waals surface area contributed by atoms with Crippen molar-refractivity contribution in [3.05, 3.63) is 51.7 Å². The number of carbonyl (C=O) groups excluding carboxylic acids is 1. The molecule has 140 valence electrons. The van der Waals surface area contributed by atoms with E-state index in [1.54, 1.807) is 6.92 Å². The van der Waals surface area contributed by atoms with Gasteiger partial charge in [-0.25, -0.2) is 9.59 Å². The maximum atomic E-state index is 12.1. The van der Waals surface area contributed by atoms with E-state index in [1.807, 2.05) is 6.92 Å². The summed E-state index contributed by atoms with van der Waals surface area (Å²) in [6.45, 7) is 9.66.